The molecule has 0 aromatic heterocycles. The molecule has 166 valence electrons. The lowest BCUT2D eigenvalue weighted by atomic mass is 10.0. The number of hydrogen-bond acceptors (Lipinski definition) is 7. The maximum Gasteiger partial charge on any atom is 0.407 e. The van der Waals surface area contributed by atoms with Crippen molar-refractivity contribution in [3.05, 3.63) is 35.9 Å². The van der Waals surface area contributed by atoms with Crippen molar-refractivity contribution in [3.63, 3.8) is 0 Å². The molecule has 2 saturated heterocycles. The van der Waals surface area contributed by atoms with Crippen molar-refractivity contribution in [2.45, 2.75) is 69.2 Å². The lowest BCUT2D eigenvalue weighted by molar-refractivity contribution is -0.0907. The van der Waals surface area contributed by atoms with E-state index in [-0.39, 0.29) is 31.0 Å². The largest absolute Gasteiger partial charge is 0.443 e. The second-order valence-corrected chi connectivity index (χ2v) is 8.35. The predicted molar refractivity (Wildman–Crippen MR) is 108 cm³/mol. The molecule has 8 heteroatoms. The van der Waals surface area contributed by atoms with Crippen molar-refractivity contribution in [1.82, 2.24) is 10.8 Å². The molecule has 1 saturated carbocycles. The smallest absolute Gasteiger partial charge is 0.407 e. The third-order valence-corrected chi connectivity index (χ3v) is 6.15. The van der Waals surface area contributed by atoms with Crippen LogP contribution in [0, 0.1) is 5.92 Å². The zero-order valence-corrected chi connectivity index (χ0v) is 17.2. The fourth-order valence-electron chi connectivity index (χ4n) is 4.42. The van der Waals surface area contributed by atoms with Gasteiger partial charge in [-0.05, 0) is 31.2 Å². The van der Waals surface area contributed by atoms with Crippen LogP contribution in [0.5, 0.6) is 0 Å². The molecular formula is C22H32N2O6. The Balaban J connectivity index is 1.31. The van der Waals surface area contributed by atoms with Crippen molar-refractivity contribution in [1.29, 1.82) is 0 Å². The summed E-state index contributed by atoms with van der Waals surface area (Å²) in [5.74, 6) is 0.0784. The number of hydroxylamine groups is 1. The first kappa shape index (κ1) is 21.5. The normalized spacial score (nSPS) is 28.2. The molecule has 4 rings (SSSR count). The topological polar surface area (TPSA) is 98.3 Å². The van der Waals surface area contributed by atoms with Crippen LogP contribution in [0.25, 0.3) is 0 Å². The molecule has 30 heavy (non-hydrogen) atoms. The lowest BCUT2D eigenvalue weighted by Crippen LogP contribution is -2.50. The van der Waals surface area contributed by atoms with Gasteiger partial charge in [-0.3, -0.25) is 4.84 Å². The molecule has 0 bridgehead atoms. The van der Waals surface area contributed by atoms with Crippen molar-refractivity contribution < 1.29 is 28.9 Å². The number of rotatable bonds is 9. The molecule has 8 nitrogen and oxygen atoms in total. The number of fused-ring (bicyclic) bond motifs is 1. The Morgan fingerprint density at radius 1 is 1.17 bits per heavy atom. The highest BCUT2D eigenvalue weighted by atomic mass is 16.7. The number of amides is 1. The standard InChI is InChI=1S/C22H32N2O6/c25-19(13-23-30-16-8-4-5-9-16)18(12-15-6-2-1-3-7-15)24-22(26)29-20-14-28-21-17(20)10-11-27-21/h1-3,6-7,16-21,23,25H,4-5,8-14H2,(H,24,26)/t17-,18+,19-,20-,21+/m1/s1. The van der Waals surface area contributed by atoms with E-state index in [1.165, 1.54) is 12.8 Å². The fraction of sp³-hybridized carbons (Fsp3) is 0.682. The summed E-state index contributed by atoms with van der Waals surface area (Å²) >= 11 is 0. The molecular weight excluding hydrogens is 388 g/mol. The maximum atomic E-state index is 12.6. The summed E-state index contributed by atoms with van der Waals surface area (Å²) in [6, 6.07) is 9.25. The van der Waals surface area contributed by atoms with Gasteiger partial charge >= 0.3 is 6.09 Å². The van der Waals surface area contributed by atoms with Crippen LogP contribution >= 0.6 is 0 Å². The summed E-state index contributed by atoms with van der Waals surface area (Å²) in [6.07, 6.45) is 3.96. The van der Waals surface area contributed by atoms with Gasteiger partial charge in [-0.1, -0.05) is 43.2 Å². The molecule has 3 fully saturated rings. The van der Waals surface area contributed by atoms with E-state index in [0.717, 1.165) is 24.8 Å². The molecule has 1 aliphatic carbocycles. The van der Waals surface area contributed by atoms with E-state index in [2.05, 4.69) is 10.8 Å². The van der Waals surface area contributed by atoms with E-state index < -0.39 is 18.2 Å². The summed E-state index contributed by atoms with van der Waals surface area (Å²) in [7, 11) is 0. The van der Waals surface area contributed by atoms with E-state index in [0.29, 0.717) is 19.6 Å². The van der Waals surface area contributed by atoms with Crippen molar-refractivity contribution in [2.75, 3.05) is 19.8 Å². The van der Waals surface area contributed by atoms with Gasteiger partial charge in [0.2, 0.25) is 0 Å². The Bertz CT molecular complexity index is 669. The quantitative estimate of drug-likeness (QED) is 0.525. The fourth-order valence-corrected chi connectivity index (χ4v) is 4.42. The number of aliphatic hydroxyl groups is 1. The van der Waals surface area contributed by atoms with Gasteiger partial charge in [0.1, 0.15) is 6.10 Å². The predicted octanol–water partition coefficient (Wildman–Crippen LogP) is 1.91. The van der Waals surface area contributed by atoms with Gasteiger partial charge in [0.25, 0.3) is 0 Å². The average Bonchev–Trinajstić information content (AvgIpc) is 3.48. The summed E-state index contributed by atoms with van der Waals surface area (Å²) < 4.78 is 16.6. The van der Waals surface area contributed by atoms with Gasteiger partial charge in [-0.2, -0.15) is 5.48 Å². The first-order valence-corrected chi connectivity index (χ1v) is 11.0. The highest BCUT2D eigenvalue weighted by molar-refractivity contribution is 5.68. The van der Waals surface area contributed by atoms with Gasteiger partial charge in [0, 0.05) is 6.54 Å². The van der Waals surface area contributed by atoms with Crippen LogP contribution in [0.2, 0.25) is 0 Å². The van der Waals surface area contributed by atoms with E-state index in [1.54, 1.807) is 0 Å². The highest BCUT2D eigenvalue weighted by Crippen LogP contribution is 2.33. The van der Waals surface area contributed by atoms with Crippen LogP contribution in [0.3, 0.4) is 0 Å². The van der Waals surface area contributed by atoms with Crippen molar-refractivity contribution >= 4 is 6.09 Å². The lowest BCUT2D eigenvalue weighted by Gasteiger charge is -2.26. The first-order valence-electron chi connectivity index (χ1n) is 11.0. The zero-order chi connectivity index (χ0) is 20.8. The van der Waals surface area contributed by atoms with Crippen LogP contribution in [-0.4, -0.2) is 61.6 Å². The Kier molecular flexibility index (Phi) is 7.57. The molecule has 2 heterocycles. The summed E-state index contributed by atoms with van der Waals surface area (Å²) in [6.45, 7) is 1.18. The minimum Gasteiger partial charge on any atom is -0.443 e. The monoisotopic (exact) mass is 420 g/mol. The van der Waals surface area contributed by atoms with Crippen LogP contribution < -0.4 is 10.8 Å². The Labute approximate surface area is 177 Å². The van der Waals surface area contributed by atoms with E-state index in [4.69, 9.17) is 19.0 Å². The maximum absolute atomic E-state index is 12.6. The Morgan fingerprint density at radius 2 is 1.97 bits per heavy atom. The molecule has 0 radical (unpaired) electrons. The van der Waals surface area contributed by atoms with Gasteiger partial charge < -0.3 is 24.6 Å². The molecule has 0 spiro atoms. The SMILES string of the molecule is O=C(N[C@@H](Cc1ccccc1)[C@H](O)CNOC1CCCC1)O[C@@H]1CO[C@@H]2OCC[C@@H]21. The van der Waals surface area contributed by atoms with Crippen LogP contribution in [-0.2, 0) is 25.5 Å². The highest BCUT2D eigenvalue weighted by Gasteiger charge is 2.44. The van der Waals surface area contributed by atoms with Gasteiger partial charge in [-0.15, -0.1) is 0 Å². The second kappa shape index (κ2) is 10.5. The molecule has 2 aliphatic heterocycles. The molecule has 0 unspecified atom stereocenters. The minimum atomic E-state index is -0.832. The van der Waals surface area contributed by atoms with E-state index in [1.807, 2.05) is 30.3 Å². The molecule has 3 N–H and O–H groups in total. The zero-order valence-electron chi connectivity index (χ0n) is 17.2. The van der Waals surface area contributed by atoms with Gasteiger partial charge in [0.15, 0.2) is 6.29 Å². The van der Waals surface area contributed by atoms with E-state index in [9.17, 15) is 9.90 Å². The van der Waals surface area contributed by atoms with Crippen LogP contribution in [0.1, 0.15) is 37.7 Å². The first-order chi connectivity index (χ1) is 14.7. The van der Waals surface area contributed by atoms with E-state index >= 15 is 0 Å². The second-order valence-electron chi connectivity index (χ2n) is 8.35. The van der Waals surface area contributed by atoms with Crippen molar-refractivity contribution in [3.8, 4) is 0 Å². The molecule has 1 amide bonds. The number of carbonyl (C=O) groups excluding carboxylic acids is 1. The van der Waals surface area contributed by atoms with Crippen LogP contribution in [0.15, 0.2) is 30.3 Å². The van der Waals surface area contributed by atoms with Gasteiger partial charge in [0.05, 0.1) is 37.4 Å². The number of carbonyl (C=O) groups is 1. The molecule has 3 aliphatic rings. The molecule has 1 aromatic rings. The number of ether oxygens (including phenoxy) is 3. The minimum absolute atomic E-state index is 0.0784. The third kappa shape index (κ3) is 5.70. The summed E-state index contributed by atoms with van der Waals surface area (Å²) in [5.41, 5.74) is 3.91. The molecule has 5 atom stereocenters. The summed E-state index contributed by atoms with van der Waals surface area (Å²) in [4.78, 5) is 18.2. The Morgan fingerprint density at radius 3 is 2.77 bits per heavy atom. The average molecular weight is 421 g/mol. The number of benzene rings is 1. The molecule has 1 aromatic carbocycles. The Hall–Kier alpha value is -1.71. The number of alkyl carbamates (subject to hydrolysis) is 1. The summed E-state index contributed by atoms with van der Waals surface area (Å²) in [5, 5.41) is 13.6. The number of hydrogen-bond donors (Lipinski definition) is 3. The van der Waals surface area contributed by atoms with Gasteiger partial charge in [-0.25, -0.2) is 4.79 Å². The third-order valence-electron chi connectivity index (χ3n) is 6.15. The number of aliphatic hydroxyl groups excluding tert-OH is 1. The van der Waals surface area contributed by atoms with Crippen molar-refractivity contribution in [2.24, 2.45) is 5.92 Å². The number of nitrogens with one attached hydrogen (secondary N) is 2. The van der Waals surface area contributed by atoms with Crippen LogP contribution in [0.4, 0.5) is 4.79 Å².